The Hall–Kier alpha value is -2.62. The Morgan fingerprint density at radius 3 is 2.62 bits per heavy atom. The quantitative estimate of drug-likeness (QED) is 0.879. The molecule has 2 aromatic rings. The molecule has 2 amide bonds. The van der Waals surface area contributed by atoms with Crippen LogP contribution in [0.5, 0.6) is 0 Å². The van der Waals surface area contributed by atoms with Crippen LogP contribution in [0, 0.1) is 5.92 Å². The summed E-state index contributed by atoms with van der Waals surface area (Å²) in [5.41, 5.74) is 4.08. The molecule has 0 saturated carbocycles. The van der Waals surface area contributed by atoms with Crippen molar-refractivity contribution in [1.82, 2.24) is 0 Å². The third-order valence-electron chi connectivity index (χ3n) is 4.73. The molecule has 0 saturated heterocycles. The first kappa shape index (κ1) is 18.2. The van der Waals surface area contributed by atoms with Crippen molar-refractivity contribution in [3.63, 3.8) is 0 Å². The van der Waals surface area contributed by atoms with Gasteiger partial charge in [0.1, 0.15) is 0 Å². The van der Waals surface area contributed by atoms with Gasteiger partial charge in [0, 0.05) is 30.3 Å². The lowest BCUT2D eigenvalue weighted by molar-refractivity contribution is -0.121. The highest BCUT2D eigenvalue weighted by atomic mass is 16.2. The minimum Gasteiger partial charge on any atom is -0.326 e. The standard InChI is InChI=1S/C22H26N2O2/c1-16(2)22(26)24-14-6-9-18-15-19(11-12-20(18)24)23-21(25)13-10-17-7-4-3-5-8-17/h3-5,7-8,11-12,15-16H,6,9-10,13-14H2,1-2H3,(H,23,25). The van der Waals surface area contributed by atoms with Crippen LogP contribution in [0.3, 0.4) is 0 Å². The maximum atomic E-state index is 12.4. The zero-order chi connectivity index (χ0) is 18.5. The average molecular weight is 350 g/mol. The molecule has 26 heavy (non-hydrogen) atoms. The number of nitrogens with zero attached hydrogens (tertiary/aromatic N) is 1. The molecule has 3 rings (SSSR count). The van der Waals surface area contributed by atoms with Crippen molar-refractivity contribution in [3.05, 3.63) is 59.7 Å². The van der Waals surface area contributed by atoms with Gasteiger partial charge in [-0.3, -0.25) is 9.59 Å². The number of amides is 2. The number of benzene rings is 2. The molecule has 0 unspecified atom stereocenters. The molecule has 1 aliphatic heterocycles. The molecule has 4 nitrogen and oxygen atoms in total. The number of fused-ring (bicyclic) bond motifs is 1. The van der Waals surface area contributed by atoms with E-state index in [9.17, 15) is 9.59 Å². The van der Waals surface area contributed by atoms with E-state index in [2.05, 4.69) is 5.32 Å². The Morgan fingerprint density at radius 1 is 1.12 bits per heavy atom. The van der Waals surface area contributed by atoms with Crippen molar-refractivity contribution in [3.8, 4) is 0 Å². The molecule has 4 heteroatoms. The smallest absolute Gasteiger partial charge is 0.229 e. The van der Waals surface area contributed by atoms with Gasteiger partial charge in [-0.15, -0.1) is 0 Å². The molecule has 0 radical (unpaired) electrons. The molecule has 0 aliphatic carbocycles. The molecule has 0 atom stereocenters. The molecule has 1 heterocycles. The first-order valence-corrected chi connectivity index (χ1v) is 9.32. The van der Waals surface area contributed by atoms with Crippen LogP contribution in [0.15, 0.2) is 48.5 Å². The van der Waals surface area contributed by atoms with Crippen molar-refractivity contribution in [1.29, 1.82) is 0 Å². The molecule has 0 bridgehead atoms. The normalized spacial score (nSPS) is 13.4. The largest absolute Gasteiger partial charge is 0.326 e. The minimum absolute atomic E-state index is 0.0136. The third kappa shape index (κ3) is 4.31. The van der Waals surface area contributed by atoms with Crippen molar-refractivity contribution >= 4 is 23.2 Å². The summed E-state index contributed by atoms with van der Waals surface area (Å²) in [6.07, 6.45) is 3.08. The summed E-state index contributed by atoms with van der Waals surface area (Å²) >= 11 is 0. The molecule has 0 fully saturated rings. The van der Waals surface area contributed by atoms with Gasteiger partial charge in [-0.05, 0) is 48.6 Å². The second-order valence-corrected chi connectivity index (χ2v) is 7.13. The van der Waals surface area contributed by atoms with Crippen LogP contribution < -0.4 is 10.2 Å². The molecule has 1 aliphatic rings. The van der Waals surface area contributed by atoms with Crippen LogP contribution in [0.25, 0.3) is 0 Å². The van der Waals surface area contributed by atoms with Crippen LogP contribution in [0.4, 0.5) is 11.4 Å². The molecular weight excluding hydrogens is 324 g/mol. The summed E-state index contributed by atoms with van der Waals surface area (Å²) in [6, 6.07) is 15.9. The number of nitrogens with one attached hydrogen (secondary N) is 1. The van der Waals surface area contributed by atoms with E-state index in [0.717, 1.165) is 48.3 Å². The van der Waals surface area contributed by atoms with Crippen molar-refractivity contribution in [2.24, 2.45) is 5.92 Å². The van der Waals surface area contributed by atoms with Crippen molar-refractivity contribution in [2.45, 2.75) is 39.5 Å². The van der Waals surface area contributed by atoms with Crippen molar-refractivity contribution in [2.75, 3.05) is 16.8 Å². The maximum absolute atomic E-state index is 12.4. The zero-order valence-corrected chi connectivity index (χ0v) is 15.5. The fourth-order valence-corrected chi connectivity index (χ4v) is 3.34. The lowest BCUT2D eigenvalue weighted by Crippen LogP contribution is -2.38. The van der Waals surface area contributed by atoms with Gasteiger partial charge >= 0.3 is 0 Å². The van der Waals surface area contributed by atoms with E-state index in [1.54, 1.807) is 0 Å². The molecule has 136 valence electrons. The van der Waals surface area contributed by atoms with Gasteiger partial charge in [0.25, 0.3) is 0 Å². The number of aryl methyl sites for hydroxylation is 2. The SMILES string of the molecule is CC(C)C(=O)N1CCCc2cc(NC(=O)CCc3ccccc3)ccc21. The van der Waals surface area contributed by atoms with Gasteiger partial charge < -0.3 is 10.2 Å². The summed E-state index contributed by atoms with van der Waals surface area (Å²) < 4.78 is 0. The van der Waals surface area contributed by atoms with Crippen LogP contribution >= 0.6 is 0 Å². The van der Waals surface area contributed by atoms with Crippen LogP contribution in [-0.2, 0) is 22.4 Å². The number of rotatable bonds is 5. The monoisotopic (exact) mass is 350 g/mol. The van der Waals surface area contributed by atoms with Crippen molar-refractivity contribution < 1.29 is 9.59 Å². The second-order valence-electron chi connectivity index (χ2n) is 7.13. The summed E-state index contributed by atoms with van der Waals surface area (Å²) in [5.74, 6) is 0.156. The lowest BCUT2D eigenvalue weighted by atomic mass is 9.99. The molecule has 0 aromatic heterocycles. The zero-order valence-electron chi connectivity index (χ0n) is 15.5. The molecule has 2 aromatic carbocycles. The Morgan fingerprint density at radius 2 is 1.88 bits per heavy atom. The number of carbonyl (C=O) groups is 2. The van der Waals surface area contributed by atoms with E-state index in [-0.39, 0.29) is 17.7 Å². The van der Waals surface area contributed by atoms with Gasteiger partial charge in [-0.25, -0.2) is 0 Å². The number of carbonyl (C=O) groups excluding carboxylic acids is 2. The van der Waals surface area contributed by atoms with Crippen LogP contribution in [0.2, 0.25) is 0 Å². The highest BCUT2D eigenvalue weighted by Crippen LogP contribution is 2.30. The predicted molar refractivity (Wildman–Crippen MR) is 105 cm³/mol. The summed E-state index contributed by atoms with van der Waals surface area (Å²) in [5, 5.41) is 2.99. The van der Waals surface area contributed by atoms with Gasteiger partial charge in [0.2, 0.25) is 11.8 Å². The summed E-state index contributed by atoms with van der Waals surface area (Å²) in [7, 11) is 0. The van der Waals surface area contributed by atoms with E-state index in [0.29, 0.717) is 6.42 Å². The highest BCUT2D eigenvalue weighted by molar-refractivity contribution is 5.97. The fraction of sp³-hybridized carbons (Fsp3) is 0.364. The first-order chi connectivity index (χ1) is 12.5. The number of hydrogen-bond acceptors (Lipinski definition) is 2. The Kier molecular flexibility index (Phi) is 5.71. The van der Waals surface area contributed by atoms with Gasteiger partial charge in [0.15, 0.2) is 0 Å². The highest BCUT2D eigenvalue weighted by Gasteiger charge is 2.24. The van der Waals surface area contributed by atoms with Crippen LogP contribution in [-0.4, -0.2) is 18.4 Å². The van der Waals surface area contributed by atoms with E-state index in [1.165, 1.54) is 0 Å². The number of anilines is 2. The average Bonchev–Trinajstić information content (AvgIpc) is 2.66. The van der Waals surface area contributed by atoms with E-state index >= 15 is 0 Å². The Bertz CT molecular complexity index is 784. The molecular formula is C22H26N2O2. The summed E-state index contributed by atoms with van der Waals surface area (Å²) in [6.45, 7) is 4.63. The Labute approximate surface area is 155 Å². The Balaban J connectivity index is 1.65. The maximum Gasteiger partial charge on any atom is 0.229 e. The van der Waals surface area contributed by atoms with Gasteiger partial charge in [-0.1, -0.05) is 44.2 Å². The molecule has 0 spiro atoms. The van der Waals surface area contributed by atoms with Crippen LogP contribution in [0.1, 0.15) is 37.8 Å². The molecule has 1 N–H and O–H groups in total. The number of hydrogen-bond donors (Lipinski definition) is 1. The summed E-state index contributed by atoms with van der Waals surface area (Å²) in [4.78, 5) is 26.5. The predicted octanol–water partition coefficient (Wildman–Crippen LogP) is 4.19. The van der Waals surface area contributed by atoms with Gasteiger partial charge in [-0.2, -0.15) is 0 Å². The fourth-order valence-electron chi connectivity index (χ4n) is 3.34. The van der Waals surface area contributed by atoms with Gasteiger partial charge in [0.05, 0.1) is 0 Å². The third-order valence-corrected chi connectivity index (χ3v) is 4.73. The topological polar surface area (TPSA) is 49.4 Å². The van der Waals surface area contributed by atoms with E-state index in [4.69, 9.17) is 0 Å². The van der Waals surface area contributed by atoms with E-state index in [1.807, 2.05) is 67.3 Å². The van der Waals surface area contributed by atoms with E-state index < -0.39 is 0 Å². The second kappa shape index (κ2) is 8.17. The first-order valence-electron chi connectivity index (χ1n) is 9.32. The minimum atomic E-state index is -0.0154. The lowest BCUT2D eigenvalue weighted by Gasteiger charge is -2.31.